The summed E-state index contributed by atoms with van der Waals surface area (Å²) < 4.78 is 1.90. The summed E-state index contributed by atoms with van der Waals surface area (Å²) in [5.41, 5.74) is 4.22. The molecule has 3 aromatic rings. The van der Waals surface area contributed by atoms with Crippen molar-refractivity contribution >= 4 is 5.69 Å². The minimum Gasteiger partial charge on any atom is -0.379 e. The van der Waals surface area contributed by atoms with Crippen molar-refractivity contribution in [3.8, 4) is 11.4 Å². The molecule has 0 fully saturated rings. The lowest BCUT2D eigenvalue weighted by molar-refractivity contribution is 0.920. The fourth-order valence-corrected chi connectivity index (χ4v) is 2.03. The molecule has 0 spiro atoms. The van der Waals surface area contributed by atoms with Crippen LogP contribution >= 0.6 is 0 Å². The minimum absolute atomic E-state index is 0.707. The van der Waals surface area contributed by atoms with E-state index in [0.717, 1.165) is 28.5 Å². The summed E-state index contributed by atoms with van der Waals surface area (Å²) >= 11 is 0. The minimum atomic E-state index is 0.707. The second-order valence-electron chi connectivity index (χ2n) is 4.67. The number of aryl methyl sites for hydroxylation is 2. The van der Waals surface area contributed by atoms with E-state index in [1.165, 1.54) is 0 Å². The van der Waals surface area contributed by atoms with Crippen LogP contribution in [0.4, 0.5) is 5.69 Å². The van der Waals surface area contributed by atoms with Gasteiger partial charge in [-0.05, 0) is 31.2 Å². The largest absolute Gasteiger partial charge is 0.379 e. The van der Waals surface area contributed by atoms with Crippen molar-refractivity contribution < 1.29 is 0 Å². The maximum atomic E-state index is 4.26. The number of rotatable bonds is 4. The fraction of sp³-hybridized carbons (Fsp3) is 0.214. The lowest BCUT2D eigenvalue weighted by Gasteiger charge is -2.06. The van der Waals surface area contributed by atoms with E-state index in [-0.39, 0.29) is 0 Å². The summed E-state index contributed by atoms with van der Waals surface area (Å²) in [5.74, 6) is 0.861. The highest BCUT2D eigenvalue weighted by Gasteiger charge is 2.04. The molecule has 0 aliphatic heterocycles. The molecule has 2 heterocycles. The molecule has 1 aromatic carbocycles. The second kappa shape index (κ2) is 5.16. The number of imidazole rings is 1. The van der Waals surface area contributed by atoms with Crippen LogP contribution < -0.4 is 5.32 Å². The van der Waals surface area contributed by atoms with E-state index in [1.54, 1.807) is 12.7 Å². The number of anilines is 1. The molecule has 0 aliphatic rings. The third-order valence-electron chi connectivity index (χ3n) is 3.25. The van der Waals surface area contributed by atoms with Gasteiger partial charge in [0.1, 0.15) is 6.33 Å². The monoisotopic (exact) mass is 268 g/mol. The molecule has 0 bridgehead atoms. The van der Waals surface area contributed by atoms with Gasteiger partial charge in [-0.25, -0.2) is 4.98 Å². The Morgan fingerprint density at radius 2 is 2.05 bits per heavy atom. The van der Waals surface area contributed by atoms with Crippen molar-refractivity contribution in [2.75, 3.05) is 5.32 Å². The van der Waals surface area contributed by atoms with Gasteiger partial charge >= 0.3 is 0 Å². The molecule has 6 heteroatoms. The predicted molar refractivity (Wildman–Crippen MR) is 77.1 cm³/mol. The van der Waals surface area contributed by atoms with Crippen molar-refractivity contribution in [2.45, 2.75) is 13.5 Å². The summed E-state index contributed by atoms with van der Waals surface area (Å²) in [6, 6.07) is 8.13. The van der Waals surface area contributed by atoms with E-state index in [2.05, 4.69) is 25.5 Å². The van der Waals surface area contributed by atoms with Crippen LogP contribution in [-0.4, -0.2) is 24.7 Å². The number of H-pyrrole nitrogens is 1. The van der Waals surface area contributed by atoms with E-state index >= 15 is 0 Å². The molecule has 3 rings (SSSR count). The first-order chi connectivity index (χ1) is 9.74. The number of benzene rings is 1. The van der Waals surface area contributed by atoms with Crippen LogP contribution in [0.2, 0.25) is 0 Å². The Labute approximate surface area is 116 Å². The number of hydrogen-bond acceptors (Lipinski definition) is 4. The Bertz CT molecular complexity index is 695. The Morgan fingerprint density at radius 3 is 2.65 bits per heavy atom. The fourth-order valence-electron chi connectivity index (χ4n) is 2.03. The van der Waals surface area contributed by atoms with Crippen molar-refractivity contribution in [3.05, 3.63) is 48.3 Å². The van der Waals surface area contributed by atoms with Gasteiger partial charge in [-0.15, -0.1) is 10.2 Å². The van der Waals surface area contributed by atoms with Crippen LogP contribution in [0.15, 0.2) is 36.9 Å². The normalized spacial score (nSPS) is 10.7. The lowest BCUT2D eigenvalue weighted by atomic mass is 10.2. The van der Waals surface area contributed by atoms with Gasteiger partial charge in [-0.2, -0.15) is 0 Å². The average Bonchev–Trinajstić information content (AvgIpc) is 3.06. The van der Waals surface area contributed by atoms with Gasteiger partial charge < -0.3 is 14.9 Å². The van der Waals surface area contributed by atoms with Gasteiger partial charge in [0.25, 0.3) is 0 Å². The third-order valence-corrected chi connectivity index (χ3v) is 3.25. The van der Waals surface area contributed by atoms with Gasteiger partial charge in [0.15, 0.2) is 5.82 Å². The molecule has 6 nitrogen and oxygen atoms in total. The van der Waals surface area contributed by atoms with Crippen molar-refractivity contribution in [1.29, 1.82) is 0 Å². The Morgan fingerprint density at radius 1 is 1.25 bits per heavy atom. The highest BCUT2D eigenvalue weighted by atomic mass is 15.2. The number of nitrogens with one attached hydrogen (secondary N) is 2. The molecule has 2 N–H and O–H groups in total. The zero-order chi connectivity index (χ0) is 13.9. The zero-order valence-corrected chi connectivity index (χ0v) is 11.5. The van der Waals surface area contributed by atoms with Crippen LogP contribution in [0.3, 0.4) is 0 Å². The Balaban J connectivity index is 1.71. The summed E-state index contributed by atoms with van der Waals surface area (Å²) in [4.78, 5) is 7.33. The topological polar surface area (TPSA) is 71.4 Å². The SMILES string of the molecule is Cc1[nH]cnc1CNc1ccc(-c2nncn2C)cc1. The van der Waals surface area contributed by atoms with Crippen LogP contribution in [0.25, 0.3) is 11.4 Å². The zero-order valence-electron chi connectivity index (χ0n) is 11.5. The summed E-state index contributed by atoms with van der Waals surface area (Å²) in [6.07, 6.45) is 3.41. The highest BCUT2D eigenvalue weighted by Crippen LogP contribution is 2.19. The van der Waals surface area contributed by atoms with Gasteiger partial charge in [0.05, 0.1) is 18.6 Å². The van der Waals surface area contributed by atoms with E-state index < -0.39 is 0 Å². The lowest BCUT2D eigenvalue weighted by Crippen LogP contribution is -2.01. The molecule has 0 saturated heterocycles. The smallest absolute Gasteiger partial charge is 0.163 e. The summed E-state index contributed by atoms with van der Waals surface area (Å²) in [5, 5.41) is 11.3. The Kier molecular flexibility index (Phi) is 3.20. The standard InChI is InChI=1S/C14H16N6/c1-10-13(17-8-16-10)7-15-12-5-3-11(4-6-12)14-19-18-9-20(14)2/h3-6,8-9,15H,7H2,1-2H3,(H,16,17). The van der Waals surface area contributed by atoms with Gasteiger partial charge in [0, 0.05) is 24.0 Å². The number of aromatic nitrogens is 5. The van der Waals surface area contributed by atoms with Crippen LogP contribution in [0.5, 0.6) is 0 Å². The maximum absolute atomic E-state index is 4.26. The van der Waals surface area contributed by atoms with Gasteiger partial charge in [-0.1, -0.05) is 0 Å². The summed E-state index contributed by atoms with van der Waals surface area (Å²) in [7, 11) is 1.93. The summed E-state index contributed by atoms with van der Waals surface area (Å²) in [6.45, 7) is 2.72. The molecule has 102 valence electrons. The van der Waals surface area contributed by atoms with Crippen molar-refractivity contribution in [2.24, 2.45) is 7.05 Å². The maximum Gasteiger partial charge on any atom is 0.163 e. The quantitative estimate of drug-likeness (QED) is 0.760. The molecular weight excluding hydrogens is 252 g/mol. The molecular formula is C14H16N6. The molecule has 2 aromatic heterocycles. The van der Waals surface area contributed by atoms with Crippen LogP contribution in [-0.2, 0) is 13.6 Å². The molecule has 20 heavy (non-hydrogen) atoms. The molecule has 0 atom stereocenters. The molecule has 0 radical (unpaired) electrons. The van der Waals surface area contributed by atoms with E-state index in [9.17, 15) is 0 Å². The molecule has 0 aliphatic carbocycles. The number of nitrogens with zero attached hydrogens (tertiary/aromatic N) is 4. The predicted octanol–water partition coefficient (Wildman–Crippen LogP) is 2.13. The molecule has 0 unspecified atom stereocenters. The van der Waals surface area contributed by atoms with Crippen molar-refractivity contribution in [3.63, 3.8) is 0 Å². The third kappa shape index (κ3) is 2.40. The molecule has 0 saturated carbocycles. The number of aromatic amines is 1. The van der Waals surface area contributed by atoms with Crippen LogP contribution in [0.1, 0.15) is 11.4 Å². The van der Waals surface area contributed by atoms with Gasteiger partial charge in [0.2, 0.25) is 0 Å². The first kappa shape index (κ1) is 12.4. The van der Waals surface area contributed by atoms with E-state index in [0.29, 0.717) is 6.54 Å². The first-order valence-corrected chi connectivity index (χ1v) is 6.41. The van der Waals surface area contributed by atoms with E-state index in [4.69, 9.17) is 0 Å². The van der Waals surface area contributed by atoms with Crippen LogP contribution in [0, 0.1) is 6.92 Å². The average molecular weight is 268 g/mol. The van der Waals surface area contributed by atoms with Crippen molar-refractivity contribution in [1.82, 2.24) is 24.7 Å². The number of hydrogen-bond donors (Lipinski definition) is 2. The van der Waals surface area contributed by atoms with E-state index in [1.807, 2.05) is 42.8 Å². The Hall–Kier alpha value is -2.63. The second-order valence-corrected chi connectivity index (χ2v) is 4.67. The molecule has 0 amide bonds. The first-order valence-electron chi connectivity index (χ1n) is 6.41. The van der Waals surface area contributed by atoms with Gasteiger partial charge in [-0.3, -0.25) is 0 Å². The highest BCUT2D eigenvalue weighted by molar-refractivity contribution is 5.59.